The number of rotatable bonds is 7. The molecule has 1 aliphatic carbocycles. The first-order chi connectivity index (χ1) is 13.5. The van der Waals surface area contributed by atoms with Crippen LogP contribution in [0.1, 0.15) is 25.7 Å². The molecule has 28 heavy (non-hydrogen) atoms. The fourth-order valence-corrected chi connectivity index (χ4v) is 4.65. The maximum absolute atomic E-state index is 13.2. The van der Waals surface area contributed by atoms with E-state index in [0.29, 0.717) is 17.3 Å². The molecule has 0 fully saturated rings. The first-order valence-corrected chi connectivity index (χ1v) is 11.1. The average molecular weight is 419 g/mol. The van der Waals surface area contributed by atoms with E-state index in [4.69, 9.17) is 11.6 Å². The van der Waals surface area contributed by atoms with E-state index in [1.807, 2.05) is 0 Å². The molecule has 0 unspecified atom stereocenters. The van der Waals surface area contributed by atoms with Crippen molar-refractivity contribution in [1.82, 2.24) is 5.32 Å². The largest absolute Gasteiger partial charge is 0.351 e. The van der Waals surface area contributed by atoms with E-state index in [0.717, 1.165) is 23.6 Å². The van der Waals surface area contributed by atoms with Crippen molar-refractivity contribution >= 4 is 33.2 Å². The third-order valence-corrected chi connectivity index (χ3v) is 6.67. The highest BCUT2D eigenvalue weighted by molar-refractivity contribution is 7.92. The predicted octanol–water partition coefficient (Wildman–Crippen LogP) is 4.15. The number of para-hydroxylation sites is 1. The Labute approximate surface area is 171 Å². The number of nitrogens with one attached hydrogen (secondary N) is 1. The van der Waals surface area contributed by atoms with Crippen LogP contribution >= 0.6 is 11.6 Å². The minimum Gasteiger partial charge on any atom is -0.351 e. The van der Waals surface area contributed by atoms with E-state index in [-0.39, 0.29) is 17.3 Å². The van der Waals surface area contributed by atoms with Crippen LogP contribution in [0, 0.1) is 0 Å². The van der Waals surface area contributed by atoms with Crippen molar-refractivity contribution in [3.05, 3.63) is 71.3 Å². The standard InChI is InChI=1S/C21H23ClN2O3S/c22-18-11-13-20(14-12-18)28(26,27)24(19-9-5-2-6-10-19)16-21(25)23-15-17-7-3-1-4-8-17/h2,5-7,9-14H,1,3-4,8,15-16H2,(H,23,25). The van der Waals surface area contributed by atoms with Crippen molar-refractivity contribution in [2.24, 2.45) is 0 Å². The van der Waals surface area contributed by atoms with Crippen molar-refractivity contribution in [3.63, 3.8) is 0 Å². The number of amides is 1. The summed E-state index contributed by atoms with van der Waals surface area (Å²) in [6.45, 7) is 0.171. The maximum Gasteiger partial charge on any atom is 0.264 e. The molecular weight excluding hydrogens is 396 g/mol. The maximum atomic E-state index is 13.2. The first-order valence-electron chi connectivity index (χ1n) is 9.25. The van der Waals surface area contributed by atoms with Crippen LogP contribution in [0.2, 0.25) is 5.02 Å². The highest BCUT2D eigenvalue weighted by atomic mass is 35.5. The summed E-state index contributed by atoms with van der Waals surface area (Å²) in [7, 11) is -3.91. The van der Waals surface area contributed by atoms with E-state index < -0.39 is 10.0 Å². The number of carbonyl (C=O) groups is 1. The molecular formula is C21H23ClN2O3S. The van der Waals surface area contributed by atoms with Crippen LogP contribution in [0.15, 0.2) is 71.1 Å². The SMILES string of the molecule is O=C(CN(c1ccccc1)S(=O)(=O)c1ccc(Cl)cc1)NCC1=CCCCC1. The average Bonchev–Trinajstić information content (AvgIpc) is 2.72. The van der Waals surface area contributed by atoms with Gasteiger partial charge in [0.05, 0.1) is 10.6 Å². The van der Waals surface area contributed by atoms with Gasteiger partial charge >= 0.3 is 0 Å². The Morgan fingerprint density at radius 2 is 1.75 bits per heavy atom. The Balaban J connectivity index is 1.80. The van der Waals surface area contributed by atoms with Crippen LogP contribution in [-0.2, 0) is 14.8 Å². The number of nitrogens with zero attached hydrogens (tertiary/aromatic N) is 1. The summed E-state index contributed by atoms with van der Waals surface area (Å²) in [5, 5.41) is 3.30. The van der Waals surface area contributed by atoms with Crippen molar-refractivity contribution in [1.29, 1.82) is 0 Å². The molecule has 0 radical (unpaired) electrons. The number of benzene rings is 2. The molecule has 0 aromatic heterocycles. The molecule has 0 atom stereocenters. The van der Waals surface area contributed by atoms with Crippen LogP contribution in [0.5, 0.6) is 0 Å². The molecule has 1 aliphatic rings. The number of anilines is 1. The number of hydrogen-bond acceptors (Lipinski definition) is 3. The topological polar surface area (TPSA) is 66.5 Å². The Morgan fingerprint density at radius 1 is 1.04 bits per heavy atom. The van der Waals surface area contributed by atoms with Crippen molar-refractivity contribution in [2.75, 3.05) is 17.4 Å². The molecule has 0 bridgehead atoms. The van der Waals surface area contributed by atoms with Crippen molar-refractivity contribution in [3.8, 4) is 0 Å². The minimum absolute atomic E-state index is 0.0866. The van der Waals surface area contributed by atoms with Gasteiger partial charge in [-0.15, -0.1) is 0 Å². The lowest BCUT2D eigenvalue weighted by Gasteiger charge is -2.24. The zero-order chi connectivity index (χ0) is 20.0. The van der Waals surface area contributed by atoms with Gasteiger partial charge in [0.2, 0.25) is 5.91 Å². The highest BCUT2D eigenvalue weighted by Gasteiger charge is 2.27. The lowest BCUT2D eigenvalue weighted by Crippen LogP contribution is -2.41. The van der Waals surface area contributed by atoms with Crippen LogP contribution in [0.4, 0.5) is 5.69 Å². The number of sulfonamides is 1. The summed E-state index contributed by atoms with van der Waals surface area (Å²) in [4.78, 5) is 12.6. The number of carbonyl (C=O) groups excluding carboxylic acids is 1. The number of allylic oxidation sites excluding steroid dienone is 1. The van der Waals surface area contributed by atoms with Crippen LogP contribution < -0.4 is 9.62 Å². The molecule has 7 heteroatoms. The summed E-state index contributed by atoms with van der Waals surface area (Å²) < 4.78 is 27.5. The Bertz CT molecular complexity index is 941. The van der Waals surface area contributed by atoms with Gasteiger partial charge in [-0.2, -0.15) is 0 Å². The number of halogens is 1. The van der Waals surface area contributed by atoms with Crippen LogP contribution in [0.3, 0.4) is 0 Å². The molecule has 0 saturated carbocycles. The van der Waals surface area contributed by atoms with E-state index in [1.165, 1.54) is 36.3 Å². The van der Waals surface area contributed by atoms with Gasteiger partial charge in [-0.1, -0.05) is 41.4 Å². The molecule has 0 aliphatic heterocycles. The second-order valence-electron chi connectivity index (χ2n) is 6.69. The second-order valence-corrected chi connectivity index (χ2v) is 8.98. The fourth-order valence-electron chi connectivity index (χ4n) is 3.11. The molecule has 1 N–H and O–H groups in total. The minimum atomic E-state index is -3.91. The fraction of sp³-hybridized carbons (Fsp3) is 0.286. The zero-order valence-corrected chi connectivity index (χ0v) is 17.0. The molecule has 1 amide bonds. The van der Waals surface area contributed by atoms with Gasteiger partial charge in [0.15, 0.2) is 0 Å². The summed E-state index contributed by atoms with van der Waals surface area (Å²) >= 11 is 5.88. The van der Waals surface area contributed by atoms with E-state index in [9.17, 15) is 13.2 Å². The molecule has 148 valence electrons. The van der Waals surface area contributed by atoms with Gasteiger partial charge in [0, 0.05) is 11.6 Å². The van der Waals surface area contributed by atoms with E-state index >= 15 is 0 Å². The van der Waals surface area contributed by atoms with Crippen LogP contribution in [-0.4, -0.2) is 27.4 Å². The molecule has 2 aromatic carbocycles. The zero-order valence-electron chi connectivity index (χ0n) is 15.5. The molecule has 0 saturated heterocycles. The molecule has 0 heterocycles. The monoisotopic (exact) mass is 418 g/mol. The van der Waals surface area contributed by atoms with E-state index in [2.05, 4.69) is 11.4 Å². The Morgan fingerprint density at radius 3 is 2.39 bits per heavy atom. The summed E-state index contributed by atoms with van der Waals surface area (Å²) in [6, 6.07) is 14.5. The summed E-state index contributed by atoms with van der Waals surface area (Å²) in [5.74, 6) is -0.340. The molecule has 5 nitrogen and oxygen atoms in total. The quantitative estimate of drug-likeness (QED) is 0.687. The lowest BCUT2D eigenvalue weighted by atomic mass is 10.00. The van der Waals surface area contributed by atoms with Crippen molar-refractivity contribution < 1.29 is 13.2 Å². The highest BCUT2D eigenvalue weighted by Crippen LogP contribution is 2.24. The third-order valence-electron chi connectivity index (χ3n) is 4.63. The van der Waals surface area contributed by atoms with Gasteiger partial charge in [-0.25, -0.2) is 8.42 Å². The Hall–Kier alpha value is -2.31. The van der Waals surface area contributed by atoms with Gasteiger partial charge in [0.25, 0.3) is 10.0 Å². The second kappa shape index (κ2) is 9.26. The Kier molecular flexibility index (Phi) is 6.75. The molecule has 0 spiro atoms. The number of hydrogen-bond donors (Lipinski definition) is 1. The van der Waals surface area contributed by atoms with Gasteiger partial charge in [0.1, 0.15) is 6.54 Å². The first kappa shape index (κ1) is 20.4. The summed E-state index contributed by atoms with van der Waals surface area (Å²) in [6.07, 6.45) is 6.47. The smallest absolute Gasteiger partial charge is 0.264 e. The van der Waals surface area contributed by atoms with Crippen molar-refractivity contribution in [2.45, 2.75) is 30.6 Å². The van der Waals surface area contributed by atoms with Gasteiger partial charge in [-0.3, -0.25) is 9.10 Å². The normalized spacial score (nSPS) is 14.2. The summed E-state index contributed by atoms with van der Waals surface area (Å²) in [5.41, 5.74) is 1.64. The van der Waals surface area contributed by atoms with E-state index in [1.54, 1.807) is 30.3 Å². The lowest BCUT2D eigenvalue weighted by molar-refractivity contribution is -0.119. The predicted molar refractivity (Wildman–Crippen MR) is 112 cm³/mol. The van der Waals surface area contributed by atoms with Gasteiger partial charge < -0.3 is 5.32 Å². The van der Waals surface area contributed by atoms with Gasteiger partial charge in [-0.05, 0) is 62.1 Å². The van der Waals surface area contributed by atoms with Crippen LogP contribution in [0.25, 0.3) is 0 Å². The third kappa shape index (κ3) is 5.14. The molecule has 2 aromatic rings. The molecule has 3 rings (SSSR count).